The molecule has 0 atom stereocenters. The third kappa shape index (κ3) is 4.22. The van der Waals surface area contributed by atoms with Crippen LogP contribution in [0.1, 0.15) is 77.7 Å². The minimum atomic E-state index is 0.0362. The quantitative estimate of drug-likeness (QED) is 0.441. The zero-order chi connectivity index (χ0) is 21.2. The first kappa shape index (κ1) is 19.9. The molecule has 31 heavy (non-hydrogen) atoms. The van der Waals surface area contributed by atoms with E-state index in [1.165, 1.54) is 5.56 Å². The van der Waals surface area contributed by atoms with E-state index in [0.717, 1.165) is 60.7 Å². The van der Waals surface area contributed by atoms with Gasteiger partial charge in [0.15, 0.2) is 5.78 Å². The van der Waals surface area contributed by atoms with Gasteiger partial charge in [-0.25, -0.2) is 4.98 Å². The Kier molecular flexibility index (Phi) is 5.49. The molecule has 5 heteroatoms. The van der Waals surface area contributed by atoms with Gasteiger partial charge in [-0.05, 0) is 79.7 Å². The predicted molar refractivity (Wildman–Crippen MR) is 120 cm³/mol. The minimum Gasteiger partial charge on any atom is -0.353 e. The molecule has 0 saturated heterocycles. The van der Waals surface area contributed by atoms with Crippen LogP contribution in [0.4, 0.5) is 0 Å². The van der Waals surface area contributed by atoms with Gasteiger partial charge in [0, 0.05) is 17.5 Å². The van der Waals surface area contributed by atoms with E-state index in [1.54, 1.807) is 0 Å². The number of carbonyl (C=O) groups excluding carboxylic acids is 2. The van der Waals surface area contributed by atoms with Crippen LogP contribution in [-0.2, 0) is 11.3 Å². The summed E-state index contributed by atoms with van der Waals surface area (Å²) in [5.74, 6) is 1.18. The summed E-state index contributed by atoms with van der Waals surface area (Å²) in [4.78, 5) is 33.2. The van der Waals surface area contributed by atoms with E-state index in [1.807, 2.05) is 24.4 Å². The van der Waals surface area contributed by atoms with Gasteiger partial charge in [-0.1, -0.05) is 24.3 Å². The van der Waals surface area contributed by atoms with Crippen LogP contribution in [0.2, 0.25) is 0 Å². The van der Waals surface area contributed by atoms with Crippen LogP contribution in [0.5, 0.6) is 0 Å². The normalized spacial score (nSPS) is 21.0. The highest BCUT2D eigenvalue weighted by atomic mass is 16.1. The number of hydrogen-bond donors (Lipinski definition) is 1. The lowest BCUT2D eigenvalue weighted by molar-refractivity contribution is -0.109. The molecule has 2 saturated carbocycles. The summed E-state index contributed by atoms with van der Waals surface area (Å²) in [5, 5.41) is 3.82. The van der Waals surface area contributed by atoms with Gasteiger partial charge in [0.2, 0.25) is 6.41 Å². The number of hydrogen-bond acceptors (Lipinski definition) is 4. The van der Waals surface area contributed by atoms with Crippen molar-refractivity contribution in [2.75, 3.05) is 0 Å². The highest BCUT2D eigenvalue weighted by Gasteiger charge is 2.34. The SMILES string of the molecule is O=CNCc1ccc(C2CC2)c(C(=O)C2CCC(c3ccc4cccnc4c3)CC2)n1. The molecule has 1 amide bonds. The smallest absolute Gasteiger partial charge is 0.207 e. The molecule has 0 bridgehead atoms. The molecule has 1 N–H and O–H groups in total. The van der Waals surface area contributed by atoms with Gasteiger partial charge >= 0.3 is 0 Å². The fraction of sp³-hybridized carbons (Fsp3) is 0.385. The van der Waals surface area contributed by atoms with E-state index in [4.69, 9.17) is 0 Å². The van der Waals surface area contributed by atoms with Gasteiger partial charge < -0.3 is 5.32 Å². The first-order valence-electron chi connectivity index (χ1n) is 11.3. The summed E-state index contributed by atoms with van der Waals surface area (Å²) < 4.78 is 0. The molecule has 2 aliphatic carbocycles. The van der Waals surface area contributed by atoms with E-state index in [2.05, 4.69) is 39.6 Å². The minimum absolute atomic E-state index is 0.0362. The first-order chi connectivity index (χ1) is 15.2. The van der Waals surface area contributed by atoms with Crippen molar-refractivity contribution in [1.29, 1.82) is 0 Å². The van der Waals surface area contributed by atoms with Crippen LogP contribution in [0.3, 0.4) is 0 Å². The van der Waals surface area contributed by atoms with E-state index in [9.17, 15) is 9.59 Å². The average Bonchev–Trinajstić information content (AvgIpc) is 3.67. The van der Waals surface area contributed by atoms with Crippen molar-refractivity contribution < 1.29 is 9.59 Å². The van der Waals surface area contributed by atoms with E-state index in [-0.39, 0.29) is 11.7 Å². The molecule has 3 aromatic rings. The molecule has 0 unspecified atom stereocenters. The fourth-order valence-electron chi connectivity index (χ4n) is 4.90. The van der Waals surface area contributed by atoms with Gasteiger partial charge in [0.1, 0.15) is 5.69 Å². The van der Waals surface area contributed by atoms with Crippen molar-refractivity contribution in [2.24, 2.45) is 5.92 Å². The van der Waals surface area contributed by atoms with Gasteiger partial charge in [-0.3, -0.25) is 14.6 Å². The van der Waals surface area contributed by atoms with E-state index < -0.39 is 0 Å². The van der Waals surface area contributed by atoms with Gasteiger partial charge in [0.25, 0.3) is 0 Å². The number of Topliss-reactive ketones (excluding diaryl/α,β-unsaturated/α-hetero) is 1. The molecule has 5 rings (SSSR count). The monoisotopic (exact) mass is 413 g/mol. The Morgan fingerprint density at radius 1 is 1.00 bits per heavy atom. The second kappa shape index (κ2) is 8.58. The van der Waals surface area contributed by atoms with Crippen LogP contribution < -0.4 is 5.32 Å². The number of amides is 1. The second-order valence-electron chi connectivity index (χ2n) is 8.88. The number of aromatic nitrogens is 2. The molecule has 5 nitrogen and oxygen atoms in total. The third-order valence-electron chi connectivity index (χ3n) is 6.80. The highest BCUT2D eigenvalue weighted by Crippen LogP contribution is 2.43. The maximum Gasteiger partial charge on any atom is 0.207 e. The van der Waals surface area contributed by atoms with Crippen molar-refractivity contribution in [1.82, 2.24) is 15.3 Å². The Bertz CT molecular complexity index is 1110. The number of pyridine rings is 2. The first-order valence-corrected chi connectivity index (χ1v) is 11.3. The maximum atomic E-state index is 13.4. The summed E-state index contributed by atoms with van der Waals surface area (Å²) in [7, 11) is 0. The van der Waals surface area contributed by atoms with Crippen molar-refractivity contribution in [2.45, 2.75) is 56.9 Å². The lowest BCUT2D eigenvalue weighted by Gasteiger charge is -2.28. The highest BCUT2D eigenvalue weighted by molar-refractivity contribution is 5.97. The summed E-state index contributed by atoms with van der Waals surface area (Å²) in [6.07, 6.45) is 8.60. The third-order valence-corrected chi connectivity index (χ3v) is 6.80. The zero-order valence-electron chi connectivity index (χ0n) is 17.6. The Hall–Kier alpha value is -3.08. The van der Waals surface area contributed by atoms with Crippen LogP contribution in [-0.4, -0.2) is 22.2 Å². The summed E-state index contributed by atoms with van der Waals surface area (Å²) in [6, 6.07) is 14.6. The number of ketones is 1. The van der Waals surface area contributed by atoms with Crippen LogP contribution in [0, 0.1) is 5.92 Å². The van der Waals surface area contributed by atoms with E-state index in [0.29, 0.717) is 30.5 Å². The average molecular weight is 414 g/mol. The number of carbonyl (C=O) groups is 2. The van der Waals surface area contributed by atoms with Crippen LogP contribution >= 0.6 is 0 Å². The van der Waals surface area contributed by atoms with Gasteiger partial charge in [0.05, 0.1) is 17.8 Å². The van der Waals surface area contributed by atoms with Gasteiger partial charge in [-0.2, -0.15) is 0 Å². The summed E-state index contributed by atoms with van der Waals surface area (Å²) in [6.45, 7) is 0.359. The molecule has 0 aliphatic heterocycles. The van der Waals surface area contributed by atoms with Crippen molar-refractivity contribution in [3.05, 3.63) is 71.2 Å². The van der Waals surface area contributed by atoms with Crippen LogP contribution in [0.15, 0.2) is 48.7 Å². The van der Waals surface area contributed by atoms with Crippen LogP contribution in [0.25, 0.3) is 10.9 Å². The number of nitrogens with zero attached hydrogens (tertiary/aromatic N) is 2. The number of fused-ring (bicyclic) bond motifs is 1. The molecule has 1 aromatic carbocycles. The number of nitrogens with one attached hydrogen (secondary N) is 1. The Balaban J connectivity index is 1.31. The molecule has 2 heterocycles. The van der Waals surface area contributed by atoms with Crippen molar-refractivity contribution in [3.8, 4) is 0 Å². The lowest BCUT2D eigenvalue weighted by atomic mass is 9.76. The Morgan fingerprint density at radius 3 is 2.58 bits per heavy atom. The Morgan fingerprint density at radius 2 is 1.81 bits per heavy atom. The lowest BCUT2D eigenvalue weighted by Crippen LogP contribution is -2.24. The molecule has 2 aliphatic rings. The predicted octanol–water partition coefficient (Wildman–Crippen LogP) is 4.91. The standard InChI is InChI=1S/C26H27N3O2/c30-16-27-15-22-11-12-23(18-5-6-18)25(29-22)26(31)20-8-3-17(4-9-20)21-10-7-19-2-1-13-28-24(19)14-21/h1-2,7,10-14,16-18,20H,3-6,8-9,15H2,(H,27,30). The topological polar surface area (TPSA) is 72.0 Å². The summed E-state index contributed by atoms with van der Waals surface area (Å²) >= 11 is 0. The molecule has 2 fully saturated rings. The zero-order valence-corrected chi connectivity index (χ0v) is 17.6. The number of benzene rings is 1. The maximum absolute atomic E-state index is 13.4. The number of rotatable bonds is 7. The largest absolute Gasteiger partial charge is 0.353 e. The summed E-state index contributed by atoms with van der Waals surface area (Å²) in [5.41, 5.74) is 4.86. The van der Waals surface area contributed by atoms with Crippen molar-refractivity contribution in [3.63, 3.8) is 0 Å². The molecular formula is C26H27N3O2. The molecule has 0 radical (unpaired) electrons. The van der Waals surface area contributed by atoms with Gasteiger partial charge in [-0.15, -0.1) is 0 Å². The van der Waals surface area contributed by atoms with E-state index >= 15 is 0 Å². The molecule has 2 aromatic heterocycles. The molecule has 158 valence electrons. The molecular weight excluding hydrogens is 386 g/mol. The fourth-order valence-corrected chi connectivity index (χ4v) is 4.90. The Labute approximate surface area is 182 Å². The second-order valence-corrected chi connectivity index (χ2v) is 8.88. The van der Waals surface area contributed by atoms with Crippen molar-refractivity contribution >= 4 is 23.1 Å². The molecule has 0 spiro atoms.